The number of para-hydroxylation sites is 1. The molecule has 6 heteroatoms. The fraction of sp³-hybridized carbons (Fsp3) is 0.125. The van der Waals surface area contributed by atoms with Crippen LogP contribution in [-0.4, -0.2) is 24.9 Å². The Bertz CT molecular complexity index is 1030. The summed E-state index contributed by atoms with van der Waals surface area (Å²) in [5, 5.41) is 5.54. The second kappa shape index (κ2) is 10.0. The van der Waals surface area contributed by atoms with Crippen molar-refractivity contribution in [3.05, 3.63) is 95.6 Å². The molecule has 2 N–H and O–H groups in total. The van der Waals surface area contributed by atoms with E-state index in [-0.39, 0.29) is 17.4 Å². The van der Waals surface area contributed by atoms with Gasteiger partial charge in [0.1, 0.15) is 0 Å². The van der Waals surface area contributed by atoms with Gasteiger partial charge in [0.15, 0.2) is 0 Å². The van der Waals surface area contributed by atoms with Crippen LogP contribution in [0.2, 0.25) is 0 Å². The summed E-state index contributed by atoms with van der Waals surface area (Å²) in [6.07, 6.45) is 1.03. The summed E-state index contributed by atoms with van der Waals surface area (Å²) in [5.41, 5.74) is 2.76. The maximum atomic E-state index is 12.5. The Morgan fingerprint density at radius 3 is 2.17 bits per heavy atom. The van der Waals surface area contributed by atoms with Gasteiger partial charge in [0.05, 0.1) is 18.4 Å². The van der Waals surface area contributed by atoms with Crippen molar-refractivity contribution in [3.63, 3.8) is 0 Å². The largest absolute Gasteiger partial charge is 0.465 e. The molecule has 0 aliphatic rings. The highest BCUT2D eigenvalue weighted by Crippen LogP contribution is 2.18. The van der Waals surface area contributed by atoms with Crippen LogP contribution in [0.15, 0.2) is 78.9 Å². The van der Waals surface area contributed by atoms with Crippen molar-refractivity contribution < 1.29 is 19.1 Å². The van der Waals surface area contributed by atoms with E-state index in [4.69, 9.17) is 4.74 Å². The summed E-state index contributed by atoms with van der Waals surface area (Å²) in [4.78, 5) is 36.5. The first-order chi connectivity index (χ1) is 14.6. The zero-order valence-electron chi connectivity index (χ0n) is 16.6. The van der Waals surface area contributed by atoms with E-state index in [1.807, 2.05) is 30.3 Å². The number of carbonyl (C=O) groups is 3. The van der Waals surface area contributed by atoms with E-state index < -0.39 is 5.97 Å². The van der Waals surface area contributed by atoms with Crippen LogP contribution in [0.25, 0.3) is 0 Å². The normalized spacial score (nSPS) is 10.2. The van der Waals surface area contributed by atoms with E-state index in [0.717, 1.165) is 5.56 Å². The Hall–Kier alpha value is -3.93. The molecule has 0 atom stereocenters. The van der Waals surface area contributed by atoms with Gasteiger partial charge in [-0.1, -0.05) is 42.5 Å². The Morgan fingerprint density at radius 2 is 1.47 bits per heavy atom. The monoisotopic (exact) mass is 402 g/mol. The predicted molar refractivity (Wildman–Crippen MR) is 116 cm³/mol. The lowest BCUT2D eigenvalue weighted by Crippen LogP contribution is -2.16. The molecule has 30 heavy (non-hydrogen) atoms. The molecule has 0 aliphatic heterocycles. The first-order valence-corrected chi connectivity index (χ1v) is 9.49. The van der Waals surface area contributed by atoms with Crippen LogP contribution in [0.5, 0.6) is 0 Å². The molecule has 152 valence electrons. The summed E-state index contributed by atoms with van der Waals surface area (Å²) in [5.74, 6) is -0.990. The molecule has 0 bridgehead atoms. The number of hydrogen-bond acceptors (Lipinski definition) is 4. The molecule has 0 aromatic heterocycles. The van der Waals surface area contributed by atoms with Crippen LogP contribution >= 0.6 is 0 Å². The zero-order chi connectivity index (χ0) is 21.3. The highest BCUT2D eigenvalue weighted by Gasteiger charge is 2.14. The second-order valence-corrected chi connectivity index (χ2v) is 6.60. The third kappa shape index (κ3) is 5.54. The van der Waals surface area contributed by atoms with Gasteiger partial charge in [-0.25, -0.2) is 4.79 Å². The number of ether oxygens (including phenoxy) is 1. The van der Waals surface area contributed by atoms with Crippen LogP contribution in [-0.2, 0) is 16.0 Å². The number of carbonyl (C=O) groups excluding carboxylic acids is 3. The summed E-state index contributed by atoms with van der Waals surface area (Å²) < 4.78 is 4.73. The van der Waals surface area contributed by atoms with Crippen LogP contribution in [0.3, 0.4) is 0 Å². The fourth-order valence-corrected chi connectivity index (χ4v) is 2.91. The second-order valence-electron chi connectivity index (χ2n) is 6.60. The number of methoxy groups -OCH3 is 1. The van der Waals surface area contributed by atoms with E-state index in [0.29, 0.717) is 29.8 Å². The first-order valence-electron chi connectivity index (χ1n) is 9.49. The quantitative estimate of drug-likeness (QED) is 0.577. The van der Waals surface area contributed by atoms with Gasteiger partial charge >= 0.3 is 5.97 Å². The molecule has 3 aromatic rings. The highest BCUT2D eigenvalue weighted by molar-refractivity contribution is 6.08. The number of amides is 2. The first kappa shape index (κ1) is 20.8. The molecule has 3 aromatic carbocycles. The lowest BCUT2D eigenvalue weighted by atomic mass is 10.1. The van der Waals surface area contributed by atoms with Crippen LogP contribution < -0.4 is 10.6 Å². The van der Waals surface area contributed by atoms with E-state index in [1.54, 1.807) is 48.5 Å². The minimum absolute atomic E-state index is 0.0944. The van der Waals surface area contributed by atoms with Gasteiger partial charge in [0, 0.05) is 17.7 Å². The number of nitrogens with one attached hydrogen (secondary N) is 2. The summed E-state index contributed by atoms with van der Waals surface area (Å²) in [6.45, 7) is 0. The predicted octanol–water partition coefficient (Wildman–Crippen LogP) is 4.30. The van der Waals surface area contributed by atoms with Gasteiger partial charge in [-0.3, -0.25) is 9.59 Å². The standard InChI is InChI=1S/C24H22N2O4/c1-30-24(29)20-9-5-6-10-21(20)26-23(28)18-12-14-19(15-13-18)25-22(27)16-11-17-7-3-2-4-8-17/h2-10,12-15H,11,16H2,1H3,(H,25,27)(H,26,28). The number of esters is 1. The fourth-order valence-electron chi connectivity index (χ4n) is 2.91. The third-order valence-electron chi connectivity index (χ3n) is 4.49. The van der Waals surface area contributed by atoms with Crippen LogP contribution in [0.1, 0.15) is 32.7 Å². The molecule has 0 radical (unpaired) electrons. The Labute approximate surface area is 174 Å². The minimum atomic E-state index is -0.528. The molecule has 0 saturated carbocycles. The molecular weight excluding hydrogens is 380 g/mol. The Morgan fingerprint density at radius 1 is 0.800 bits per heavy atom. The number of anilines is 2. The van der Waals surface area contributed by atoms with Crippen molar-refractivity contribution in [3.8, 4) is 0 Å². The third-order valence-corrected chi connectivity index (χ3v) is 4.49. The van der Waals surface area contributed by atoms with Gasteiger partial charge in [-0.15, -0.1) is 0 Å². The van der Waals surface area contributed by atoms with Gasteiger partial charge in [-0.2, -0.15) is 0 Å². The Balaban J connectivity index is 1.58. The molecule has 0 heterocycles. The Kier molecular flexibility index (Phi) is 6.95. The lowest BCUT2D eigenvalue weighted by Gasteiger charge is -2.10. The molecule has 0 saturated heterocycles. The zero-order valence-corrected chi connectivity index (χ0v) is 16.6. The molecular formula is C24H22N2O4. The van der Waals surface area contributed by atoms with Crippen molar-refractivity contribution in [2.75, 3.05) is 17.7 Å². The average molecular weight is 402 g/mol. The van der Waals surface area contributed by atoms with Gasteiger partial charge in [-0.05, 0) is 48.4 Å². The van der Waals surface area contributed by atoms with Gasteiger partial charge < -0.3 is 15.4 Å². The maximum absolute atomic E-state index is 12.5. The molecule has 6 nitrogen and oxygen atoms in total. The van der Waals surface area contributed by atoms with E-state index in [9.17, 15) is 14.4 Å². The maximum Gasteiger partial charge on any atom is 0.339 e. The van der Waals surface area contributed by atoms with E-state index in [2.05, 4.69) is 10.6 Å². The van der Waals surface area contributed by atoms with E-state index >= 15 is 0 Å². The highest BCUT2D eigenvalue weighted by atomic mass is 16.5. The molecule has 2 amide bonds. The summed E-state index contributed by atoms with van der Waals surface area (Å²) >= 11 is 0. The molecule has 0 fully saturated rings. The van der Waals surface area contributed by atoms with E-state index in [1.165, 1.54) is 7.11 Å². The van der Waals surface area contributed by atoms with Crippen molar-refractivity contribution in [1.82, 2.24) is 0 Å². The van der Waals surface area contributed by atoms with Crippen molar-refractivity contribution in [2.24, 2.45) is 0 Å². The van der Waals surface area contributed by atoms with Gasteiger partial charge in [0.2, 0.25) is 5.91 Å². The lowest BCUT2D eigenvalue weighted by molar-refractivity contribution is -0.116. The SMILES string of the molecule is COC(=O)c1ccccc1NC(=O)c1ccc(NC(=O)CCc2ccccc2)cc1. The smallest absolute Gasteiger partial charge is 0.339 e. The van der Waals surface area contributed by atoms with Crippen molar-refractivity contribution in [1.29, 1.82) is 0 Å². The summed E-state index contributed by atoms with van der Waals surface area (Å²) in [7, 11) is 1.29. The van der Waals surface area contributed by atoms with Crippen LogP contribution in [0, 0.1) is 0 Å². The number of benzene rings is 3. The minimum Gasteiger partial charge on any atom is -0.465 e. The van der Waals surface area contributed by atoms with Crippen LogP contribution in [0.4, 0.5) is 11.4 Å². The number of rotatable bonds is 7. The van der Waals surface area contributed by atoms with Crippen molar-refractivity contribution >= 4 is 29.2 Å². The molecule has 0 unspecified atom stereocenters. The summed E-state index contributed by atoms with van der Waals surface area (Å²) in [6, 6.07) is 23.0. The number of hydrogen-bond donors (Lipinski definition) is 2. The van der Waals surface area contributed by atoms with Gasteiger partial charge in [0.25, 0.3) is 5.91 Å². The topological polar surface area (TPSA) is 84.5 Å². The molecule has 0 spiro atoms. The molecule has 3 rings (SSSR count). The average Bonchev–Trinajstić information content (AvgIpc) is 2.78. The number of aryl methyl sites for hydroxylation is 1. The molecule has 0 aliphatic carbocycles. The van der Waals surface area contributed by atoms with Crippen molar-refractivity contribution in [2.45, 2.75) is 12.8 Å².